The Kier molecular flexibility index (Phi) is 6.95. The molecule has 0 bridgehead atoms. The molecule has 2 heterocycles. The number of nitrogens with one attached hydrogen (secondary N) is 3. The van der Waals surface area contributed by atoms with Crippen molar-refractivity contribution in [1.82, 2.24) is 25.1 Å². The van der Waals surface area contributed by atoms with Crippen molar-refractivity contribution in [3.8, 4) is 0 Å². The fraction of sp³-hybridized carbons (Fsp3) is 0.667. The van der Waals surface area contributed by atoms with Crippen LogP contribution < -0.4 is 16.6 Å². The average molecular weight is 379 g/mol. The van der Waals surface area contributed by atoms with Gasteiger partial charge < -0.3 is 15.2 Å². The van der Waals surface area contributed by atoms with Gasteiger partial charge >= 0.3 is 5.69 Å². The van der Waals surface area contributed by atoms with Gasteiger partial charge in [-0.05, 0) is 34.1 Å². The lowest BCUT2D eigenvalue weighted by molar-refractivity contribution is -0.136. The zero-order valence-corrected chi connectivity index (χ0v) is 16.4. The highest BCUT2D eigenvalue weighted by Gasteiger charge is 2.39. The van der Waals surface area contributed by atoms with E-state index < -0.39 is 11.2 Å². The van der Waals surface area contributed by atoms with Gasteiger partial charge in [0.05, 0.1) is 12.5 Å². The Hall–Kier alpha value is -2.42. The highest BCUT2D eigenvalue weighted by molar-refractivity contribution is 5.83. The number of likely N-dealkylation sites (N-methyl/N-ethyl adjacent to an activating group) is 1. The molecule has 3 N–H and O–H groups in total. The summed E-state index contributed by atoms with van der Waals surface area (Å²) in [5, 5.41) is 2.92. The number of carbonyl (C=O) groups is 2. The van der Waals surface area contributed by atoms with E-state index in [0.717, 1.165) is 0 Å². The first-order chi connectivity index (χ1) is 12.8. The number of hydrogen-bond donors (Lipinski definition) is 3. The second-order valence-corrected chi connectivity index (χ2v) is 7.09. The normalized spacial score (nSPS) is 20.0. The molecule has 2 atom stereocenters. The molecule has 0 radical (unpaired) electrons. The van der Waals surface area contributed by atoms with E-state index in [4.69, 9.17) is 0 Å². The maximum atomic E-state index is 12.8. The molecule has 9 heteroatoms. The summed E-state index contributed by atoms with van der Waals surface area (Å²) < 4.78 is 0. The number of carbonyl (C=O) groups excluding carboxylic acids is 2. The number of likely N-dealkylation sites (tertiary alicyclic amines) is 1. The Bertz CT molecular complexity index is 780. The summed E-state index contributed by atoms with van der Waals surface area (Å²) in [7, 11) is 0. The highest BCUT2D eigenvalue weighted by atomic mass is 16.2. The van der Waals surface area contributed by atoms with Crippen LogP contribution in [0.15, 0.2) is 15.8 Å². The summed E-state index contributed by atoms with van der Waals surface area (Å²) in [5.74, 6) is -0.222. The summed E-state index contributed by atoms with van der Waals surface area (Å²) in [6.07, 6.45) is 1.67. The van der Waals surface area contributed by atoms with Crippen LogP contribution in [-0.2, 0) is 16.0 Å². The number of amides is 2. The largest absolute Gasteiger partial charge is 0.352 e. The van der Waals surface area contributed by atoms with Gasteiger partial charge in [-0.2, -0.15) is 0 Å². The van der Waals surface area contributed by atoms with E-state index in [0.29, 0.717) is 26.1 Å². The molecule has 2 amide bonds. The zero-order valence-electron chi connectivity index (χ0n) is 16.4. The number of hydrogen-bond acceptors (Lipinski definition) is 5. The highest BCUT2D eigenvalue weighted by Crippen LogP contribution is 2.22. The molecule has 1 saturated heterocycles. The van der Waals surface area contributed by atoms with Crippen LogP contribution >= 0.6 is 0 Å². The quantitative estimate of drug-likeness (QED) is 0.587. The van der Waals surface area contributed by atoms with Gasteiger partial charge in [-0.25, -0.2) is 4.79 Å². The molecule has 1 aliphatic heterocycles. The van der Waals surface area contributed by atoms with E-state index in [9.17, 15) is 19.2 Å². The van der Waals surface area contributed by atoms with Crippen molar-refractivity contribution >= 4 is 11.8 Å². The number of aromatic amines is 2. The molecule has 27 heavy (non-hydrogen) atoms. The molecule has 1 fully saturated rings. The Labute approximate surface area is 158 Å². The monoisotopic (exact) mass is 379 g/mol. The van der Waals surface area contributed by atoms with Crippen molar-refractivity contribution in [1.29, 1.82) is 0 Å². The first-order valence-corrected chi connectivity index (χ1v) is 9.41. The molecule has 150 valence electrons. The fourth-order valence-corrected chi connectivity index (χ4v) is 3.55. The van der Waals surface area contributed by atoms with Gasteiger partial charge in [0.25, 0.3) is 5.56 Å². The van der Waals surface area contributed by atoms with Crippen LogP contribution in [0.1, 0.15) is 39.7 Å². The number of aromatic nitrogens is 2. The van der Waals surface area contributed by atoms with Gasteiger partial charge in [0.15, 0.2) is 0 Å². The van der Waals surface area contributed by atoms with E-state index in [1.807, 2.05) is 32.6 Å². The molecule has 0 spiro atoms. The van der Waals surface area contributed by atoms with Gasteiger partial charge in [0.1, 0.15) is 0 Å². The minimum absolute atomic E-state index is 0.0857. The van der Waals surface area contributed by atoms with Crippen molar-refractivity contribution in [3.63, 3.8) is 0 Å². The van der Waals surface area contributed by atoms with Crippen molar-refractivity contribution < 1.29 is 9.59 Å². The fourth-order valence-electron chi connectivity index (χ4n) is 3.55. The summed E-state index contributed by atoms with van der Waals surface area (Å²) in [6.45, 7) is 9.88. The summed E-state index contributed by atoms with van der Waals surface area (Å²) in [6, 6.07) is -0.239. The van der Waals surface area contributed by atoms with Gasteiger partial charge in [0.2, 0.25) is 11.8 Å². The van der Waals surface area contributed by atoms with Gasteiger partial charge in [-0.1, -0.05) is 0 Å². The molecule has 0 unspecified atom stereocenters. The maximum Gasteiger partial charge on any atom is 0.325 e. The standard InChI is InChI=1S/C18H29N5O4/c1-5-22(6-2)17(26)14-8-13(10-23(14)11(3)4)20-15(24)7-12-9-19-18(27)21-16(12)25/h9,11,13-14H,5-8,10H2,1-4H3,(H,20,24)(H2,19,21,25,27)/t13-,14+/m1/s1. The van der Waals surface area contributed by atoms with Crippen LogP contribution in [0.4, 0.5) is 0 Å². The molecule has 9 nitrogen and oxygen atoms in total. The lowest BCUT2D eigenvalue weighted by Crippen LogP contribution is -2.47. The lowest BCUT2D eigenvalue weighted by Gasteiger charge is -2.31. The lowest BCUT2D eigenvalue weighted by atomic mass is 10.1. The van der Waals surface area contributed by atoms with E-state index in [1.165, 1.54) is 6.20 Å². The molecule has 2 rings (SSSR count). The second-order valence-electron chi connectivity index (χ2n) is 7.09. The van der Waals surface area contributed by atoms with Crippen LogP contribution in [0, 0.1) is 0 Å². The maximum absolute atomic E-state index is 12.8. The van der Waals surface area contributed by atoms with E-state index in [1.54, 1.807) is 0 Å². The first-order valence-electron chi connectivity index (χ1n) is 9.41. The van der Waals surface area contributed by atoms with Gasteiger partial charge in [-0.15, -0.1) is 0 Å². The van der Waals surface area contributed by atoms with Crippen LogP contribution in [0.25, 0.3) is 0 Å². The number of nitrogens with zero attached hydrogens (tertiary/aromatic N) is 2. The first kappa shape index (κ1) is 20.9. The molecular formula is C18H29N5O4. The molecule has 0 aliphatic carbocycles. The second kappa shape index (κ2) is 8.98. The summed E-state index contributed by atoms with van der Waals surface area (Å²) >= 11 is 0. The molecular weight excluding hydrogens is 350 g/mol. The van der Waals surface area contributed by atoms with Gasteiger partial charge in [0, 0.05) is 43.5 Å². The molecule has 0 aromatic carbocycles. The van der Waals surface area contributed by atoms with Crippen LogP contribution in [0.2, 0.25) is 0 Å². The third kappa shape index (κ3) is 5.06. The van der Waals surface area contributed by atoms with Crippen molar-refractivity contribution in [2.75, 3.05) is 19.6 Å². The average Bonchev–Trinajstić information content (AvgIpc) is 3.02. The molecule has 1 aromatic rings. The van der Waals surface area contributed by atoms with Gasteiger partial charge in [-0.3, -0.25) is 24.3 Å². The van der Waals surface area contributed by atoms with Crippen molar-refractivity contribution in [2.24, 2.45) is 0 Å². The Morgan fingerprint density at radius 3 is 2.52 bits per heavy atom. The molecule has 1 aromatic heterocycles. The number of H-pyrrole nitrogens is 2. The number of rotatable bonds is 7. The molecule has 0 saturated carbocycles. The Balaban J connectivity index is 2.04. The smallest absolute Gasteiger partial charge is 0.325 e. The van der Waals surface area contributed by atoms with Crippen LogP contribution in [0.5, 0.6) is 0 Å². The van der Waals surface area contributed by atoms with E-state index >= 15 is 0 Å². The predicted molar refractivity (Wildman–Crippen MR) is 101 cm³/mol. The predicted octanol–water partition coefficient (Wildman–Crippen LogP) is -0.558. The van der Waals surface area contributed by atoms with E-state index in [2.05, 4.69) is 20.2 Å². The topological polar surface area (TPSA) is 118 Å². The third-order valence-electron chi connectivity index (χ3n) is 4.98. The Morgan fingerprint density at radius 2 is 1.96 bits per heavy atom. The van der Waals surface area contributed by atoms with Crippen molar-refractivity contribution in [3.05, 3.63) is 32.6 Å². The summed E-state index contributed by atoms with van der Waals surface area (Å²) in [4.78, 5) is 56.3. The third-order valence-corrected chi connectivity index (χ3v) is 4.98. The van der Waals surface area contributed by atoms with Crippen LogP contribution in [0.3, 0.4) is 0 Å². The van der Waals surface area contributed by atoms with E-state index in [-0.39, 0.29) is 41.9 Å². The van der Waals surface area contributed by atoms with Crippen molar-refractivity contribution in [2.45, 2.75) is 58.7 Å². The Morgan fingerprint density at radius 1 is 1.30 bits per heavy atom. The SMILES string of the molecule is CCN(CC)C(=O)[C@@H]1C[C@@H](NC(=O)Cc2c[nH]c(=O)[nH]c2=O)CN1C(C)C. The van der Waals surface area contributed by atoms with Crippen LogP contribution in [-0.4, -0.2) is 69.3 Å². The minimum atomic E-state index is -0.606. The summed E-state index contributed by atoms with van der Waals surface area (Å²) in [5.41, 5.74) is -0.981. The zero-order chi connectivity index (χ0) is 20.1. The minimum Gasteiger partial charge on any atom is -0.352 e. The molecule has 1 aliphatic rings.